The number of aliphatic hydroxyl groups is 1. The fraction of sp³-hybridized carbons (Fsp3) is 0.400. The minimum atomic E-state index is -0.318. The summed E-state index contributed by atoms with van der Waals surface area (Å²) >= 11 is 1.60. The van der Waals surface area contributed by atoms with Crippen LogP contribution in [0.2, 0.25) is 0 Å². The first-order valence-electron chi connectivity index (χ1n) is 5.10. The summed E-state index contributed by atoms with van der Waals surface area (Å²) in [5.74, 6) is 1.16. The topological polar surface area (TPSA) is 71.2 Å². The summed E-state index contributed by atoms with van der Waals surface area (Å²) in [5, 5.41) is 20.4. The van der Waals surface area contributed by atoms with Crippen LogP contribution < -0.4 is 5.32 Å². The van der Waals surface area contributed by atoms with E-state index in [1.54, 1.807) is 11.3 Å². The van der Waals surface area contributed by atoms with Gasteiger partial charge in [0.25, 0.3) is 0 Å². The number of halogens is 1. The van der Waals surface area contributed by atoms with E-state index in [-0.39, 0.29) is 24.6 Å². The third kappa shape index (κ3) is 2.50. The van der Waals surface area contributed by atoms with Crippen LogP contribution in [0.4, 0.5) is 0 Å². The predicted octanol–water partition coefficient (Wildman–Crippen LogP) is 1.62. The molecule has 1 aliphatic heterocycles. The number of aromatic nitrogens is 2. The normalized spacial score (nSPS) is 23.6. The molecular weight excluding hydrogens is 262 g/mol. The zero-order valence-corrected chi connectivity index (χ0v) is 10.5. The molecule has 2 atom stereocenters. The van der Waals surface area contributed by atoms with Gasteiger partial charge in [0.15, 0.2) is 0 Å². The smallest absolute Gasteiger partial charge is 0.244 e. The predicted molar refractivity (Wildman–Crippen MR) is 66.2 cm³/mol. The fourth-order valence-electron chi connectivity index (χ4n) is 1.79. The van der Waals surface area contributed by atoms with Gasteiger partial charge in [0, 0.05) is 17.5 Å². The first-order chi connectivity index (χ1) is 7.83. The second kappa shape index (κ2) is 5.14. The van der Waals surface area contributed by atoms with E-state index in [1.807, 2.05) is 16.8 Å². The van der Waals surface area contributed by atoms with Gasteiger partial charge in [-0.15, -0.1) is 12.4 Å². The number of nitrogens with one attached hydrogen (secondary N) is 1. The second-order valence-corrected chi connectivity index (χ2v) is 4.60. The maximum atomic E-state index is 9.40. The average Bonchev–Trinajstić information content (AvgIpc) is 2.97. The van der Waals surface area contributed by atoms with Gasteiger partial charge in [-0.1, -0.05) is 5.16 Å². The van der Waals surface area contributed by atoms with Gasteiger partial charge in [-0.3, -0.25) is 0 Å². The van der Waals surface area contributed by atoms with Crippen molar-refractivity contribution in [1.82, 2.24) is 15.5 Å². The highest BCUT2D eigenvalue weighted by Crippen LogP contribution is 2.25. The summed E-state index contributed by atoms with van der Waals surface area (Å²) in [7, 11) is 0. The Balaban J connectivity index is 0.00000108. The molecule has 0 aromatic carbocycles. The molecule has 2 N–H and O–H groups in total. The second-order valence-electron chi connectivity index (χ2n) is 3.82. The first-order valence-corrected chi connectivity index (χ1v) is 6.05. The Labute approximate surface area is 108 Å². The Morgan fingerprint density at radius 3 is 3.06 bits per heavy atom. The molecule has 0 amide bonds. The van der Waals surface area contributed by atoms with E-state index in [0.717, 1.165) is 5.56 Å². The van der Waals surface area contributed by atoms with Crippen molar-refractivity contribution in [3.63, 3.8) is 0 Å². The van der Waals surface area contributed by atoms with Crippen molar-refractivity contribution in [3.8, 4) is 11.4 Å². The maximum absolute atomic E-state index is 9.40. The van der Waals surface area contributed by atoms with E-state index in [2.05, 4.69) is 15.5 Å². The molecule has 1 fully saturated rings. The van der Waals surface area contributed by atoms with Gasteiger partial charge in [0.2, 0.25) is 11.7 Å². The lowest BCUT2D eigenvalue weighted by Crippen LogP contribution is -2.15. The van der Waals surface area contributed by atoms with E-state index in [0.29, 0.717) is 24.7 Å². The summed E-state index contributed by atoms with van der Waals surface area (Å²) in [4.78, 5) is 4.32. The summed E-state index contributed by atoms with van der Waals surface area (Å²) < 4.78 is 5.19. The molecule has 0 saturated carbocycles. The van der Waals surface area contributed by atoms with Crippen LogP contribution in [-0.2, 0) is 0 Å². The molecule has 0 spiro atoms. The van der Waals surface area contributed by atoms with Crippen LogP contribution in [0.15, 0.2) is 21.3 Å². The summed E-state index contributed by atoms with van der Waals surface area (Å²) in [5.41, 5.74) is 0.971. The minimum Gasteiger partial charge on any atom is -0.392 e. The van der Waals surface area contributed by atoms with Gasteiger partial charge in [0.1, 0.15) is 0 Å². The van der Waals surface area contributed by atoms with Crippen molar-refractivity contribution in [2.45, 2.75) is 18.6 Å². The Kier molecular flexibility index (Phi) is 3.78. The van der Waals surface area contributed by atoms with Crippen molar-refractivity contribution in [1.29, 1.82) is 0 Å². The van der Waals surface area contributed by atoms with E-state index in [4.69, 9.17) is 4.52 Å². The summed E-state index contributed by atoms with van der Waals surface area (Å²) in [6.07, 6.45) is 0.312. The molecule has 1 aliphatic rings. The average molecular weight is 274 g/mol. The van der Waals surface area contributed by atoms with Crippen LogP contribution in [0, 0.1) is 0 Å². The molecule has 0 bridgehead atoms. The molecule has 0 unspecified atom stereocenters. The van der Waals surface area contributed by atoms with Crippen LogP contribution in [-0.4, -0.2) is 27.9 Å². The monoisotopic (exact) mass is 273 g/mol. The van der Waals surface area contributed by atoms with Crippen LogP contribution in [0.3, 0.4) is 0 Å². The largest absolute Gasteiger partial charge is 0.392 e. The molecular formula is C10H12ClN3O2S. The Morgan fingerprint density at radius 2 is 2.41 bits per heavy atom. The number of hydrogen-bond donors (Lipinski definition) is 2. The van der Waals surface area contributed by atoms with E-state index in [1.165, 1.54) is 0 Å². The number of nitrogens with zero attached hydrogens (tertiary/aromatic N) is 2. The Bertz CT molecular complexity index is 474. The van der Waals surface area contributed by atoms with Crippen molar-refractivity contribution in [3.05, 3.63) is 22.7 Å². The number of rotatable bonds is 2. The number of β-amino-alcohol motifs (C(OH)–C–C–N with tert-alkyl or cyclic N) is 1. The highest BCUT2D eigenvalue weighted by molar-refractivity contribution is 7.08. The van der Waals surface area contributed by atoms with Gasteiger partial charge in [-0.05, 0) is 17.9 Å². The molecule has 2 aromatic heterocycles. The lowest BCUT2D eigenvalue weighted by molar-refractivity contribution is 0.191. The molecule has 3 heterocycles. The lowest BCUT2D eigenvalue weighted by atomic mass is 10.2. The number of hydrogen-bond acceptors (Lipinski definition) is 6. The van der Waals surface area contributed by atoms with Crippen molar-refractivity contribution in [2.75, 3.05) is 6.54 Å². The van der Waals surface area contributed by atoms with Crippen LogP contribution in [0.1, 0.15) is 18.4 Å². The summed E-state index contributed by atoms with van der Waals surface area (Å²) in [6.45, 7) is 0.584. The molecule has 92 valence electrons. The van der Waals surface area contributed by atoms with Gasteiger partial charge < -0.3 is 14.9 Å². The standard InChI is InChI=1S/C10H11N3O2S.ClH/c14-7-3-8(11-4-7)10-12-9(13-15-10)6-1-2-16-5-6;/h1-2,5,7-8,11,14H,3-4H2;1H/t7-,8+;/m0./s1. The Morgan fingerprint density at radius 1 is 1.53 bits per heavy atom. The van der Waals surface area contributed by atoms with Gasteiger partial charge >= 0.3 is 0 Å². The molecule has 7 heteroatoms. The van der Waals surface area contributed by atoms with Crippen molar-refractivity contribution in [2.24, 2.45) is 0 Å². The molecule has 17 heavy (non-hydrogen) atoms. The third-order valence-corrected chi connectivity index (χ3v) is 3.31. The molecule has 5 nitrogen and oxygen atoms in total. The van der Waals surface area contributed by atoms with E-state index >= 15 is 0 Å². The highest BCUT2D eigenvalue weighted by Gasteiger charge is 2.28. The van der Waals surface area contributed by atoms with Crippen LogP contribution in [0.25, 0.3) is 11.4 Å². The first kappa shape index (κ1) is 12.5. The molecule has 3 rings (SSSR count). The van der Waals surface area contributed by atoms with Gasteiger partial charge in [-0.2, -0.15) is 16.3 Å². The minimum absolute atomic E-state index is 0. The summed E-state index contributed by atoms with van der Waals surface area (Å²) in [6, 6.07) is 1.94. The van der Waals surface area contributed by atoms with Crippen LogP contribution >= 0.6 is 23.7 Å². The maximum Gasteiger partial charge on any atom is 0.244 e. The van der Waals surface area contributed by atoms with Crippen molar-refractivity contribution < 1.29 is 9.63 Å². The quantitative estimate of drug-likeness (QED) is 0.870. The number of thiophene rings is 1. The Hall–Kier alpha value is -0.950. The van der Waals surface area contributed by atoms with E-state index < -0.39 is 0 Å². The van der Waals surface area contributed by atoms with Crippen molar-refractivity contribution >= 4 is 23.7 Å². The molecule has 1 saturated heterocycles. The highest BCUT2D eigenvalue weighted by atomic mass is 35.5. The fourth-order valence-corrected chi connectivity index (χ4v) is 2.43. The SMILES string of the molecule is Cl.O[C@@H]1CN[C@@H](c2nc(-c3ccsc3)no2)C1. The molecule has 2 aromatic rings. The molecule has 0 aliphatic carbocycles. The van der Waals surface area contributed by atoms with E-state index in [9.17, 15) is 5.11 Å². The lowest BCUT2D eigenvalue weighted by Gasteiger charge is -2.01. The third-order valence-electron chi connectivity index (χ3n) is 2.63. The van der Waals surface area contributed by atoms with Crippen LogP contribution in [0.5, 0.6) is 0 Å². The zero-order chi connectivity index (χ0) is 11.0. The number of aliphatic hydroxyl groups excluding tert-OH is 1. The zero-order valence-electron chi connectivity index (χ0n) is 8.87. The molecule has 0 radical (unpaired) electrons. The van der Waals surface area contributed by atoms with Gasteiger partial charge in [0.05, 0.1) is 12.1 Å². The van der Waals surface area contributed by atoms with Gasteiger partial charge in [-0.25, -0.2) is 0 Å².